The molecular weight excluding hydrogens is 444 g/mol. The fourth-order valence-corrected chi connectivity index (χ4v) is 6.06. The summed E-state index contributed by atoms with van der Waals surface area (Å²) in [4.78, 5) is 32.9. The summed E-state index contributed by atoms with van der Waals surface area (Å²) >= 11 is 0. The first-order valence-electron chi connectivity index (χ1n) is 12.8. The number of benzene rings is 4. The smallest absolute Gasteiger partial charge is 0.196 e. The van der Waals surface area contributed by atoms with Gasteiger partial charge in [-0.25, -0.2) is 0 Å². The van der Waals surface area contributed by atoms with Crippen molar-refractivity contribution in [1.29, 1.82) is 0 Å². The highest BCUT2D eigenvalue weighted by atomic mass is 16.2. The Kier molecular flexibility index (Phi) is 5.79. The topological polar surface area (TPSA) is 40.6 Å². The van der Waals surface area contributed by atoms with E-state index in [1.54, 1.807) is 12.1 Å². The lowest BCUT2D eigenvalue weighted by Gasteiger charge is -2.44. The molecule has 180 valence electrons. The highest BCUT2D eigenvalue weighted by molar-refractivity contribution is 6.33. The number of carbonyl (C=O) groups excluding carboxylic acids is 2. The molecule has 0 bridgehead atoms. The molecule has 4 aromatic carbocycles. The zero-order chi connectivity index (χ0) is 24.7. The van der Waals surface area contributed by atoms with Crippen LogP contribution in [0.3, 0.4) is 0 Å². The van der Waals surface area contributed by atoms with Crippen molar-refractivity contribution >= 4 is 22.3 Å². The van der Waals surface area contributed by atoms with Gasteiger partial charge in [0.25, 0.3) is 0 Å². The third-order valence-corrected chi connectivity index (χ3v) is 7.98. The minimum Gasteiger partial charge on any atom is -0.297 e. The second-order valence-electron chi connectivity index (χ2n) is 9.86. The predicted octanol–water partition coefficient (Wildman–Crippen LogP) is 5.49. The summed E-state index contributed by atoms with van der Waals surface area (Å²) in [5.41, 5.74) is 3.28. The van der Waals surface area contributed by atoms with Gasteiger partial charge in [-0.2, -0.15) is 0 Å². The van der Waals surface area contributed by atoms with E-state index in [9.17, 15) is 9.59 Å². The summed E-state index contributed by atoms with van der Waals surface area (Å²) in [5.74, 6) is -0.189. The lowest BCUT2D eigenvalue weighted by atomic mass is 9.81. The second-order valence-corrected chi connectivity index (χ2v) is 9.86. The molecule has 0 N–H and O–H groups in total. The Morgan fingerprint density at radius 1 is 0.667 bits per heavy atom. The molecule has 1 fully saturated rings. The number of nitrogens with zero attached hydrogens (tertiary/aromatic N) is 2. The molecule has 0 spiro atoms. The lowest BCUT2D eigenvalue weighted by molar-refractivity contribution is 0.0279. The number of ketones is 2. The summed E-state index contributed by atoms with van der Waals surface area (Å²) in [6.07, 6.45) is 1.02. The first-order chi connectivity index (χ1) is 17.6. The maximum absolute atomic E-state index is 14.1. The second kappa shape index (κ2) is 9.12. The average molecular weight is 475 g/mol. The maximum atomic E-state index is 14.1. The Labute approximate surface area is 212 Å². The summed E-state index contributed by atoms with van der Waals surface area (Å²) in [7, 11) is 0. The van der Waals surface area contributed by atoms with Crippen LogP contribution in [0, 0.1) is 0 Å². The number of hydrogen-bond acceptors (Lipinski definition) is 4. The van der Waals surface area contributed by atoms with E-state index in [-0.39, 0.29) is 11.6 Å². The molecular formula is C32H30N2O2. The van der Waals surface area contributed by atoms with Gasteiger partial charge >= 0.3 is 0 Å². The highest BCUT2D eigenvalue weighted by Gasteiger charge is 2.58. The Balaban J connectivity index is 1.36. The van der Waals surface area contributed by atoms with Crippen molar-refractivity contribution in [3.05, 3.63) is 119 Å². The molecule has 0 radical (unpaired) electrons. The molecule has 36 heavy (non-hydrogen) atoms. The number of rotatable bonds is 5. The molecule has 6 rings (SSSR count). The van der Waals surface area contributed by atoms with Crippen molar-refractivity contribution in [3.8, 4) is 0 Å². The van der Waals surface area contributed by atoms with Crippen LogP contribution in [-0.2, 0) is 18.5 Å². The number of carbonyl (C=O) groups is 2. The van der Waals surface area contributed by atoms with E-state index >= 15 is 0 Å². The molecule has 4 aromatic rings. The zero-order valence-corrected chi connectivity index (χ0v) is 20.6. The lowest BCUT2D eigenvalue weighted by Crippen LogP contribution is -2.60. The van der Waals surface area contributed by atoms with Gasteiger partial charge < -0.3 is 0 Å². The third-order valence-electron chi connectivity index (χ3n) is 7.98. The molecule has 1 heterocycles. The van der Waals surface area contributed by atoms with Gasteiger partial charge in [-0.15, -0.1) is 0 Å². The average Bonchev–Trinajstić information content (AvgIpc) is 3.16. The van der Waals surface area contributed by atoms with Crippen LogP contribution < -0.4 is 0 Å². The van der Waals surface area contributed by atoms with Crippen molar-refractivity contribution in [2.45, 2.75) is 25.4 Å². The molecule has 0 atom stereocenters. The zero-order valence-electron chi connectivity index (χ0n) is 20.6. The van der Waals surface area contributed by atoms with Gasteiger partial charge in [0, 0.05) is 43.9 Å². The van der Waals surface area contributed by atoms with E-state index in [1.165, 1.54) is 11.1 Å². The van der Waals surface area contributed by atoms with Gasteiger partial charge in [0.1, 0.15) is 0 Å². The minimum absolute atomic E-state index is 0.0943. The van der Waals surface area contributed by atoms with Crippen LogP contribution in [0.5, 0.6) is 0 Å². The Hall–Kier alpha value is -3.60. The monoisotopic (exact) mass is 474 g/mol. The van der Waals surface area contributed by atoms with Crippen LogP contribution in [0.15, 0.2) is 91.0 Å². The van der Waals surface area contributed by atoms with Gasteiger partial charge in [0.15, 0.2) is 17.1 Å². The van der Waals surface area contributed by atoms with Gasteiger partial charge in [-0.05, 0) is 39.9 Å². The van der Waals surface area contributed by atoms with Gasteiger partial charge in [-0.3, -0.25) is 19.4 Å². The SMILES string of the molecule is CCc1ccccc1CN1CCN(C2(c3ccc4ccccc4c3)C(=O)c3ccccc3C2=O)CC1. The molecule has 0 saturated carbocycles. The summed E-state index contributed by atoms with van der Waals surface area (Å²) < 4.78 is 0. The first-order valence-corrected chi connectivity index (χ1v) is 12.8. The van der Waals surface area contributed by atoms with Gasteiger partial charge in [0.05, 0.1) is 0 Å². The number of piperazine rings is 1. The van der Waals surface area contributed by atoms with E-state index in [2.05, 4.69) is 47.1 Å². The van der Waals surface area contributed by atoms with Crippen LogP contribution in [0.4, 0.5) is 0 Å². The largest absolute Gasteiger partial charge is 0.297 e. The molecule has 2 aliphatic rings. The van der Waals surface area contributed by atoms with Crippen LogP contribution in [0.2, 0.25) is 0 Å². The molecule has 1 aliphatic heterocycles. The van der Waals surface area contributed by atoms with E-state index < -0.39 is 5.54 Å². The number of Topliss-reactive ketones (excluding diaryl/α,β-unsaturated/α-hetero) is 2. The van der Waals surface area contributed by atoms with Gasteiger partial charge in [-0.1, -0.05) is 91.9 Å². The molecule has 4 heteroatoms. The van der Waals surface area contributed by atoms with Crippen molar-refractivity contribution in [2.75, 3.05) is 26.2 Å². The van der Waals surface area contributed by atoms with Crippen LogP contribution in [0.1, 0.15) is 44.3 Å². The van der Waals surface area contributed by atoms with Crippen molar-refractivity contribution in [1.82, 2.24) is 9.80 Å². The summed E-state index contributed by atoms with van der Waals surface area (Å²) in [6.45, 7) is 6.02. The normalized spacial score (nSPS) is 18.0. The molecule has 0 aromatic heterocycles. The van der Waals surface area contributed by atoms with Crippen LogP contribution >= 0.6 is 0 Å². The van der Waals surface area contributed by atoms with Crippen molar-refractivity contribution < 1.29 is 9.59 Å². The van der Waals surface area contributed by atoms with Crippen LogP contribution in [-0.4, -0.2) is 47.5 Å². The van der Waals surface area contributed by atoms with E-state index in [0.717, 1.165) is 42.4 Å². The number of aryl methyl sites for hydroxylation is 1. The van der Waals surface area contributed by atoms with Gasteiger partial charge in [0.2, 0.25) is 0 Å². The quantitative estimate of drug-likeness (QED) is 0.359. The maximum Gasteiger partial charge on any atom is 0.196 e. The van der Waals surface area contributed by atoms with Crippen LogP contribution in [0.25, 0.3) is 10.8 Å². The minimum atomic E-state index is -1.30. The highest BCUT2D eigenvalue weighted by Crippen LogP contribution is 2.43. The van der Waals surface area contributed by atoms with Crippen molar-refractivity contribution in [3.63, 3.8) is 0 Å². The molecule has 1 aliphatic carbocycles. The summed E-state index contributed by atoms with van der Waals surface area (Å²) in [5, 5.41) is 2.15. The first kappa shape index (κ1) is 22.8. The number of fused-ring (bicyclic) bond motifs is 2. The van der Waals surface area contributed by atoms with E-state index in [0.29, 0.717) is 24.2 Å². The van der Waals surface area contributed by atoms with E-state index in [4.69, 9.17) is 0 Å². The molecule has 1 saturated heterocycles. The van der Waals surface area contributed by atoms with Crippen molar-refractivity contribution in [2.24, 2.45) is 0 Å². The fraction of sp³-hybridized carbons (Fsp3) is 0.250. The third kappa shape index (κ3) is 3.52. The predicted molar refractivity (Wildman–Crippen MR) is 143 cm³/mol. The standard InChI is InChI=1S/C32H30N2O2/c1-2-23-9-3-6-12-26(23)22-33-17-19-34(20-18-33)32(27-16-15-24-10-4-5-11-25(24)21-27)30(35)28-13-7-8-14-29(28)31(32)36/h3-16,21H,2,17-20,22H2,1H3. The molecule has 0 unspecified atom stereocenters. The fourth-order valence-electron chi connectivity index (χ4n) is 6.06. The Bertz CT molecular complexity index is 1430. The Morgan fingerprint density at radius 3 is 1.92 bits per heavy atom. The molecule has 4 nitrogen and oxygen atoms in total. The molecule has 0 amide bonds. The van der Waals surface area contributed by atoms with E-state index in [1.807, 2.05) is 48.5 Å². The Morgan fingerprint density at radius 2 is 1.25 bits per heavy atom. The summed E-state index contributed by atoms with van der Waals surface area (Å²) in [6, 6.07) is 30.1. The number of hydrogen-bond donors (Lipinski definition) is 0.